The van der Waals surface area contributed by atoms with E-state index in [1.54, 1.807) is 0 Å². The number of hydrogen-bond acceptors (Lipinski definition) is 2. The first-order valence-electron chi connectivity index (χ1n) is 7.46. The Balaban J connectivity index is 2.14. The summed E-state index contributed by atoms with van der Waals surface area (Å²) in [4.78, 5) is 14.8. The molecule has 1 heterocycles. The smallest absolute Gasteiger partial charge is 0.232 e. The van der Waals surface area contributed by atoms with Gasteiger partial charge in [-0.15, -0.1) is 0 Å². The highest BCUT2D eigenvalue weighted by Crippen LogP contribution is 2.28. The Labute approximate surface area is 121 Å². The zero-order valence-corrected chi connectivity index (χ0v) is 12.7. The van der Waals surface area contributed by atoms with E-state index >= 15 is 0 Å². The van der Waals surface area contributed by atoms with Crippen LogP contribution in [-0.4, -0.2) is 35.1 Å². The lowest BCUT2D eigenvalue weighted by atomic mass is 9.82. The van der Waals surface area contributed by atoms with Gasteiger partial charge in [0.05, 0.1) is 11.5 Å². The molecule has 0 saturated carbocycles. The highest BCUT2D eigenvalue weighted by atomic mass is 16.3. The molecule has 2 unspecified atom stereocenters. The molecule has 1 aromatic rings. The van der Waals surface area contributed by atoms with Gasteiger partial charge in [0.25, 0.3) is 0 Å². The Kier molecular flexibility index (Phi) is 4.48. The predicted molar refractivity (Wildman–Crippen MR) is 80.5 cm³/mol. The third-order valence-electron chi connectivity index (χ3n) is 4.46. The Morgan fingerprint density at radius 3 is 2.60 bits per heavy atom. The third kappa shape index (κ3) is 3.04. The second-order valence-electron chi connectivity index (χ2n) is 6.39. The number of rotatable bonds is 3. The van der Waals surface area contributed by atoms with Gasteiger partial charge in [-0.1, -0.05) is 30.3 Å². The lowest BCUT2D eigenvalue weighted by Crippen LogP contribution is -2.49. The van der Waals surface area contributed by atoms with E-state index in [9.17, 15) is 9.90 Å². The summed E-state index contributed by atoms with van der Waals surface area (Å²) < 4.78 is 0. The van der Waals surface area contributed by atoms with Crippen LogP contribution in [0.5, 0.6) is 0 Å². The molecule has 3 heteroatoms. The van der Waals surface area contributed by atoms with Crippen molar-refractivity contribution >= 4 is 5.91 Å². The minimum atomic E-state index is -0.512. The normalized spacial score (nSPS) is 21.6. The maximum Gasteiger partial charge on any atom is 0.232 e. The van der Waals surface area contributed by atoms with Crippen molar-refractivity contribution in [1.82, 2.24) is 4.90 Å². The van der Waals surface area contributed by atoms with Crippen LogP contribution in [0.15, 0.2) is 30.3 Å². The lowest BCUT2D eigenvalue weighted by molar-refractivity contribution is -0.139. The second kappa shape index (κ2) is 5.96. The van der Waals surface area contributed by atoms with E-state index in [1.807, 2.05) is 56.0 Å². The number of benzene rings is 1. The fourth-order valence-electron chi connectivity index (χ4n) is 2.96. The molecule has 2 rings (SSSR count). The van der Waals surface area contributed by atoms with E-state index in [-0.39, 0.29) is 17.9 Å². The Morgan fingerprint density at radius 2 is 2.00 bits per heavy atom. The SMILES string of the molecule is CC(O)C1CCCN(C(=O)C(C)(C)c2ccccc2)C1. The van der Waals surface area contributed by atoms with Gasteiger partial charge in [-0.2, -0.15) is 0 Å². The average Bonchev–Trinajstić information content (AvgIpc) is 2.47. The van der Waals surface area contributed by atoms with Crippen molar-refractivity contribution in [2.75, 3.05) is 13.1 Å². The van der Waals surface area contributed by atoms with E-state index in [1.165, 1.54) is 0 Å². The van der Waals surface area contributed by atoms with Gasteiger partial charge in [-0.25, -0.2) is 0 Å². The Bertz CT molecular complexity index is 453. The van der Waals surface area contributed by atoms with Crippen molar-refractivity contribution in [2.24, 2.45) is 5.92 Å². The van der Waals surface area contributed by atoms with Crippen molar-refractivity contribution in [3.8, 4) is 0 Å². The molecule has 20 heavy (non-hydrogen) atoms. The molecule has 1 saturated heterocycles. The largest absolute Gasteiger partial charge is 0.393 e. The molecule has 1 amide bonds. The number of nitrogens with zero attached hydrogens (tertiary/aromatic N) is 1. The van der Waals surface area contributed by atoms with Gasteiger partial charge in [0, 0.05) is 19.0 Å². The highest BCUT2D eigenvalue weighted by molar-refractivity contribution is 5.87. The second-order valence-corrected chi connectivity index (χ2v) is 6.39. The molecule has 1 aliphatic heterocycles. The lowest BCUT2D eigenvalue weighted by Gasteiger charge is -2.38. The van der Waals surface area contributed by atoms with Crippen LogP contribution in [0.3, 0.4) is 0 Å². The molecule has 110 valence electrons. The van der Waals surface area contributed by atoms with Gasteiger partial charge in [0.15, 0.2) is 0 Å². The van der Waals surface area contributed by atoms with Crippen LogP contribution in [0.4, 0.5) is 0 Å². The maximum atomic E-state index is 12.8. The molecule has 0 aromatic heterocycles. The van der Waals surface area contributed by atoms with Gasteiger partial charge < -0.3 is 10.0 Å². The van der Waals surface area contributed by atoms with Gasteiger partial charge in [0.2, 0.25) is 5.91 Å². The maximum absolute atomic E-state index is 12.8. The van der Waals surface area contributed by atoms with Crippen molar-refractivity contribution in [2.45, 2.75) is 45.1 Å². The number of piperidine rings is 1. The van der Waals surface area contributed by atoms with Crippen LogP contribution >= 0.6 is 0 Å². The van der Waals surface area contributed by atoms with Crippen LogP contribution in [-0.2, 0) is 10.2 Å². The van der Waals surface area contributed by atoms with Crippen LogP contribution in [0.2, 0.25) is 0 Å². The van der Waals surface area contributed by atoms with Crippen molar-refractivity contribution in [1.29, 1.82) is 0 Å². The molecule has 0 aliphatic carbocycles. The molecule has 2 atom stereocenters. The van der Waals surface area contributed by atoms with Crippen LogP contribution in [0.1, 0.15) is 39.2 Å². The summed E-state index contributed by atoms with van der Waals surface area (Å²) in [6.45, 7) is 7.26. The number of aliphatic hydroxyl groups excluding tert-OH is 1. The van der Waals surface area contributed by atoms with E-state index in [0.717, 1.165) is 24.9 Å². The fraction of sp³-hybridized carbons (Fsp3) is 0.588. The van der Waals surface area contributed by atoms with E-state index in [4.69, 9.17) is 0 Å². The average molecular weight is 275 g/mol. The number of likely N-dealkylation sites (tertiary alicyclic amines) is 1. The topological polar surface area (TPSA) is 40.5 Å². The van der Waals surface area contributed by atoms with E-state index < -0.39 is 5.41 Å². The Hall–Kier alpha value is -1.35. The van der Waals surface area contributed by atoms with Gasteiger partial charge in [0.1, 0.15) is 0 Å². The van der Waals surface area contributed by atoms with E-state index in [2.05, 4.69) is 0 Å². The quantitative estimate of drug-likeness (QED) is 0.921. The van der Waals surface area contributed by atoms with E-state index in [0.29, 0.717) is 6.54 Å². The van der Waals surface area contributed by atoms with Crippen molar-refractivity contribution in [3.05, 3.63) is 35.9 Å². The zero-order chi connectivity index (χ0) is 14.8. The molecule has 0 radical (unpaired) electrons. The number of amides is 1. The first-order valence-corrected chi connectivity index (χ1v) is 7.46. The first kappa shape index (κ1) is 15.0. The molecule has 1 aliphatic rings. The molecular formula is C17H25NO2. The molecule has 3 nitrogen and oxygen atoms in total. The van der Waals surface area contributed by atoms with Crippen molar-refractivity contribution < 1.29 is 9.90 Å². The van der Waals surface area contributed by atoms with Gasteiger partial charge in [-0.05, 0) is 39.2 Å². The number of carbonyl (C=O) groups excluding carboxylic acids is 1. The zero-order valence-electron chi connectivity index (χ0n) is 12.7. The van der Waals surface area contributed by atoms with Gasteiger partial charge >= 0.3 is 0 Å². The summed E-state index contributed by atoms with van der Waals surface area (Å²) in [6, 6.07) is 9.93. The number of carbonyl (C=O) groups is 1. The number of hydrogen-bond donors (Lipinski definition) is 1. The van der Waals surface area contributed by atoms with Crippen LogP contribution in [0.25, 0.3) is 0 Å². The highest BCUT2D eigenvalue weighted by Gasteiger charge is 2.36. The minimum absolute atomic E-state index is 0.161. The fourth-order valence-corrected chi connectivity index (χ4v) is 2.96. The standard InChI is InChI=1S/C17H25NO2/c1-13(19)14-8-7-11-18(12-14)16(20)17(2,3)15-9-5-4-6-10-15/h4-6,9-10,13-14,19H,7-8,11-12H2,1-3H3. The third-order valence-corrected chi connectivity index (χ3v) is 4.46. The molecule has 1 aromatic carbocycles. The van der Waals surface area contributed by atoms with Crippen LogP contribution in [0, 0.1) is 5.92 Å². The molecule has 1 N–H and O–H groups in total. The summed E-state index contributed by atoms with van der Waals surface area (Å²) >= 11 is 0. The predicted octanol–water partition coefficient (Wildman–Crippen LogP) is 2.58. The minimum Gasteiger partial charge on any atom is -0.393 e. The summed E-state index contributed by atoms with van der Waals surface area (Å²) in [6.07, 6.45) is 1.64. The Morgan fingerprint density at radius 1 is 1.35 bits per heavy atom. The summed E-state index contributed by atoms with van der Waals surface area (Å²) in [5.74, 6) is 0.369. The van der Waals surface area contributed by atoms with Gasteiger partial charge in [-0.3, -0.25) is 4.79 Å². The summed E-state index contributed by atoms with van der Waals surface area (Å²) in [5, 5.41) is 9.76. The molecular weight excluding hydrogens is 250 g/mol. The first-order chi connectivity index (χ1) is 9.43. The van der Waals surface area contributed by atoms with Crippen LogP contribution < -0.4 is 0 Å². The number of aliphatic hydroxyl groups is 1. The summed E-state index contributed by atoms with van der Waals surface area (Å²) in [5.41, 5.74) is 0.533. The summed E-state index contributed by atoms with van der Waals surface area (Å²) in [7, 11) is 0. The van der Waals surface area contributed by atoms with Crippen molar-refractivity contribution in [3.63, 3.8) is 0 Å². The monoisotopic (exact) mass is 275 g/mol. The molecule has 1 fully saturated rings. The molecule has 0 bridgehead atoms. The molecule has 0 spiro atoms.